The molecule has 8 rings (SSSR count). The largest absolute Gasteiger partial charge is 0.494 e. The van der Waals surface area contributed by atoms with Crippen molar-refractivity contribution in [2.75, 3.05) is 77.0 Å². The third kappa shape index (κ3) is 10.4. The average molecular weight is 963 g/mol. The summed E-state index contributed by atoms with van der Waals surface area (Å²) in [4.78, 5) is 74.3. The van der Waals surface area contributed by atoms with Crippen LogP contribution in [-0.2, 0) is 40.4 Å². The van der Waals surface area contributed by atoms with Gasteiger partial charge in [-0.2, -0.15) is 4.98 Å². The molecule has 1 aromatic carbocycles. The number of amides is 2. The number of esters is 1. The topological polar surface area (TPSA) is 202 Å². The SMILES string of the molecule is CNC(=O)COc1cc2cc(Nc3nc(N4CCC(C(=O)NCCOCCOCCC(=O)OC5CCC6C7CCC8CC(=O)CC[C@]8(C)C7CC[C@]56C)CC4)ncc3Cl)cc(OC)c2n(C)c1=O. The molecule has 1 saturated heterocycles. The minimum absolute atomic E-state index is 0.0151. The summed E-state index contributed by atoms with van der Waals surface area (Å²) < 4.78 is 30.2. The van der Waals surface area contributed by atoms with E-state index in [2.05, 4.69) is 34.8 Å². The van der Waals surface area contributed by atoms with E-state index in [-0.39, 0.29) is 66.0 Å². The summed E-state index contributed by atoms with van der Waals surface area (Å²) in [6.07, 6.45) is 12.1. The third-order valence-electron chi connectivity index (χ3n) is 16.3. The lowest BCUT2D eigenvalue weighted by Crippen LogP contribution is -2.54. The first kappa shape index (κ1) is 49.4. The van der Waals surface area contributed by atoms with E-state index in [9.17, 15) is 24.0 Å². The first-order valence-corrected chi connectivity index (χ1v) is 24.8. The summed E-state index contributed by atoms with van der Waals surface area (Å²) in [7, 11) is 4.60. The molecular formula is C50H68ClN7O10. The number of anilines is 3. The van der Waals surface area contributed by atoms with Crippen molar-refractivity contribution in [1.82, 2.24) is 25.2 Å². The van der Waals surface area contributed by atoms with Crippen molar-refractivity contribution in [2.24, 2.45) is 47.5 Å². The lowest BCUT2D eigenvalue weighted by molar-refractivity contribution is -0.165. The molecule has 5 unspecified atom stereocenters. The number of methoxy groups -OCH3 is 1. The highest BCUT2D eigenvalue weighted by atomic mass is 35.5. The van der Waals surface area contributed by atoms with E-state index in [4.69, 9.17) is 40.3 Å². The number of halogens is 1. The van der Waals surface area contributed by atoms with Crippen LogP contribution in [0.1, 0.15) is 90.9 Å². The molecule has 3 heterocycles. The van der Waals surface area contributed by atoms with E-state index >= 15 is 0 Å². The molecule has 3 N–H and O–H groups in total. The zero-order valence-corrected chi connectivity index (χ0v) is 40.9. The average Bonchev–Trinajstić information content (AvgIpc) is 3.67. The molecule has 5 fully saturated rings. The van der Waals surface area contributed by atoms with Gasteiger partial charge in [0.15, 0.2) is 18.2 Å². The number of aryl methyl sites for hydroxylation is 1. The van der Waals surface area contributed by atoms with Crippen LogP contribution < -0.4 is 35.9 Å². The van der Waals surface area contributed by atoms with Gasteiger partial charge in [0.1, 0.15) is 22.7 Å². The number of rotatable bonds is 18. The van der Waals surface area contributed by atoms with Crippen molar-refractivity contribution in [2.45, 2.75) is 97.0 Å². The summed E-state index contributed by atoms with van der Waals surface area (Å²) in [6, 6.07) is 5.10. The van der Waals surface area contributed by atoms with E-state index < -0.39 is 5.56 Å². The van der Waals surface area contributed by atoms with Crippen LogP contribution >= 0.6 is 11.6 Å². The molecule has 370 valence electrons. The molecule has 1 aliphatic heterocycles. The number of hydrogen-bond donors (Lipinski definition) is 3. The van der Waals surface area contributed by atoms with Gasteiger partial charge in [0, 0.05) is 75.0 Å². The summed E-state index contributed by atoms with van der Waals surface area (Å²) in [5, 5.41) is 9.63. The number of carbonyl (C=O) groups excluding carboxylic acids is 4. The summed E-state index contributed by atoms with van der Waals surface area (Å²) >= 11 is 6.56. The maximum atomic E-state index is 13.0. The fraction of sp³-hybridized carbons (Fsp3) is 0.660. The third-order valence-corrected chi connectivity index (χ3v) is 16.6. The van der Waals surface area contributed by atoms with E-state index in [1.54, 1.807) is 25.2 Å². The number of likely N-dealkylation sites (N-methyl/N-ethyl adjacent to an activating group) is 1. The van der Waals surface area contributed by atoms with Crippen LogP contribution in [0.5, 0.6) is 11.5 Å². The number of carbonyl (C=O) groups is 4. The fourth-order valence-corrected chi connectivity index (χ4v) is 12.6. The summed E-state index contributed by atoms with van der Waals surface area (Å²) in [5.41, 5.74) is 1.00. The maximum absolute atomic E-state index is 13.0. The maximum Gasteiger partial charge on any atom is 0.308 e. The number of ketones is 1. The Bertz CT molecular complexity index is 2410. The standard InChI is InChI=1S/C50H68ClN7O10/c1-49-15-10-34(59)26-32(49)6-7-35-36-8-9-41(50(36,2)16-11-37(35)49)68-43(61)14-20-65-22-23-66-21-17-53-46(62)30-12-18-58(19-13-30)48-54-28-38(51)45(56-48)55-33-24-31-25-40(67-29-42(60)52-3)47(63)57(4)44(31)39(27-33)64-5/h24-25,27-28,30,32,35-37,41H,6-23,26,29H2,1-5H3,(H,52,60)(H,53,62)(H,54,55,56)/t32?,35?,36?,37?,41?,49-,50-/m0/s1. The van der Waals surface area contributed by atoms with Crippen LogP contribution in [0.15, 0.2) is 29.2 Å². The van der Waals surface area contributed by atoms with Gasteiger partial charge in [0.2, 0.25) is 11.9 Å². The number of piperidine rings is 1. The summed E-state index contributed by atoms with van der Waals surface area (Å²) in [5.74, 6) is 3.44. The highest BCUT2D eigenvalue weighted by molar-refractivity contribution is 6.33. The van der Waals surface area contributed by atoms with Crippen molar-refractivity contribution in [3.8, 4) is 11.5 Å². The van der Waals surface area contributed by atoms with Crippen molar-refractivity contribution in [3.05, 3.63) is 39.8 Å². The van der Waals surface area contributed by atoms with Crippen molar-refractivity contribution in [3.63, 3.8) is 0 Å². The van der Waals surface area contributed by atoms with Crippen LogP contribution in [0, 0.1) is 40.4 Å². The van der Waals surface area contributed by atoms with E-state index in [1.807, 2.05) is 4.90 Å². The smallest absolute Gasteiger partial charge is 0.308 e. The molecule has 68 heavy (non-hydrogen) atoms. The lowest BCUT2D eigenvalue weighted by atomic mass is 9.45. The number of benzene rings is 1. The second kappa shape index (κ2) is 21.3. The minimum atomic E-state index is -0.415. The molecule has 5 aliphatic rings. The van der Waals surface area contributed by atoms with Crippen LogP contribution in [0.3, 0.4) is 0 Å². The zero-order valence-electron chi connectivity index (χ0n) is 40.2. The van der Waals surface area contributed by atoms with Gasteiger partial charge in [-0.05, 0) is 99.0 Å². The van der Waals surface area contributed by atoms with Crippen LogP contribution in [0.25, 0.3) is 10.9 Å². The summed E-state index contributed by atoms with van der Waals surface area (Å²) in [6.45, 7) is 7.36. The van der Waals surface area contributed by atoms with Crippen LogP contribution in [0.4, 0.5) is 17.5 Å². The Hall–Kier alpha value is -5.00. The number of Topliss-reactive ketones (excluding diaryl/α,β-unsaturated/α-hetero) is 1. The van der Waals surface area contributed by atoms with Gasteiger partial charge in [-0.3, -0.25) is 24.0 Å². The minimum Gasteiger partial charge on any atom is -0.494 e. The predicted molar refractivity (Wildman–Crippen MR) is 256 cm³/mol. The lowest BCUT2D eigenvalue weighted by Gasteiger charge is -2.60. The van der Waals surface area contributed by atoms with Gasteiger partial charge in [0.05, 0.1) is 51.7 Å². The van der Waals surface area contributed by atoms with Gasteiger partial charge in [-0.25, -0.2) is 4.98 Å². The van der Waals surface area contributed by atoms with E-state index in [1.165, 1.54) is 37.8 Å². The predicted octanol–water partition coefficient (Wildman–Crippen LogP) is 6.14. The number of fused-ring (bicyclic) bond motifs is 6. The molecule has 2 aromatic heterocycles. The Morgan fingerprint density at radius 1 is 0.897 bits per heavy atom. The molecule has 0 bridgehead atoms. The number of pyridine rings is 1. The molecule has 7 atom stereocenters. The molecule has 18 heteroatoms. The molecule has 4 aliphatic carbocycles. The molecule has 17 nitrogen and oxygen atoms in total. The van der Waals surface area contributed by atoms with Gasteiger partial charge >= 0.3 is 5.97 Å². The normalized spacial score (nSPS) is 26.9. The van der Waals surface area contributed by atoms with Crippen LogP contribution in [0.2, 0.25) is 5.02 Å². The molecule has 2 amide bonds. The van der Waals surface area contributed by atoms with Crippen molar-refractivity contribution in [1.29, 1.82) is 0 Å². The Morgan fingerprint density at radius 2 is 1.66 bits per heavy atom. The van der Waals surface area contributed by atoms with E-state index in [0.717, 1.165) is 44.9 Å². The molecular weight excluding hydrogens is 894 g/mol. The fourth-order valence-electron chi connectivity index (χ4n) is 12.5. The van der Waals surface area contributed by atoms with Gasteiger partial charge in [0.25, 0.3) is 11.5 Å². The Balaban J connectivity index is 0.716. The molecule has 0 radical (unpaired) electrons. The Kier molecular flexibility index (Phi) is 15.5. The Labute approximate surface area is 403 Å². The number of nitrogens with one attached hydrogen (secondary N) is 3. The Morgan fingerprint density at radius 3 is 2.43 bits per heavy atom. The number of aromatic nitrogens is 3. The second-order valence-corrected chi connectivity index (χ2v) is 20.4. The highest BCUT2D eigenvalue weighted by Crippen LogP contribution is 2.66. The first-order chi connectivity index (χ1) is 32.7. The molecule has 0 spiro atoms. The van der Waals surface area contributed by atoms with Gasteiger partial charge in [-0.15, -0.1) is 0 Å². The van der Waals surface area contributed by atoms with Crippen LogP contribution in [-0.4, -0.2) is 111 Å². The quantitative estimate of drug-likeness (QED) is 0.0970. The van der Waals surface area contributed by atoms with Crippen molar-refractivity contribution < 1.29 is 42.9 Å². The number of hydrogen-bond acceptors (Lipinski definition) is 14. The monoisotopic (exact) mass is 961 g/mol. The van der Waals surface area contributed by atoms with Gasteiger partial charge < -0.3 is 49.1 Å². The highest BCUT2D eigenvalue weighted by Gasteiger charge is 2.61. The van der Waals surface area contributed by atoms with E-state index in [0.29, 0.717) is 121 Å². The van der Waals surface area contributed by atoms with Crippen molar-refractivity contribution >= 4 is 63.5 Å². The molecule has 4 saturated carbocycles. The first-order valence-electron chi connectivity index (χ1n) is 24.5. The molecule has 3 aromatic rings. The second-order valence-electron chi connectivity index (χ2n) is 20.0. The number of nitrogens with zero attached hydrogens (tertiary/aromatic N) is 4. The van der Waals surface area contributed by atoms with Gasteiger partial charge in [-0.1, -0.05) is 25.4 Å². The number of ether oxygens (including phenoxy) is 5. The zero-order chi connectivity index (χ0) is 48.2.